The third kappa shape index (κ3) is 4.26. The Balaban J connectivity index is 2.97. The minimum absolute atomic E-state index is 0.0259. The van der Waals surface area contributed by atoms with Crippen LogP contribution in [-0.2, 0) is 4.74 Å². The van der Waals surface area contributed by atoms with E-state index in [9.17, 15) is 0 Å². The summed E-state index contributed by atoms with van der Waals surface area (Å²) in [6.45, 7) is 3.70. The molecule has 0 radical (unpaired) electrons. The molecule has 0 heterocycles. The molecule has 2 nitrogen and oxygen atoms in total. The van der Waals surface area contributed by atoms with Crippen LogP contribution < -0.4 is 4.74 Å². The summed E-state index contributed by atoms with van der Waals surface area (Å²) in [4.78, 5) is 0. The first-order valence-corrected chi connectivity index (χ1v) is 7.05. The molecule has 0 bridgehead atoms. The van der Waals surface area contributed by atoms with E-state index in [-0.39, 0.29) is 6.10 Å². The van der Waals surface area contributed by atoms with Crippen LogP contribution >= 0.6 is 31.9 Å². The van der Waals surface area contributed by atoms with Crippen LogP contribution in [0.5, 0.6) is 5.75 Å². The van der Waals surface area contributed by atoms with E-state index in [2.05, 4.69) is 38.4 Å². The fourth-order valence-electron chi connectivity index (χ4n) is 1.55. The number of allylic oxidation sites excluding steroid dienone is 2. The van der Waals surface area contributed by atoms with Gasteiger partial charge in [0.15, 0.2) is 0 Å². The fourth-order valence-corrected chi connectivity index (χ4v) is 2.24. The summed E-state index contributed by atoms with van der Waals surface area (Å²) in [6.07, 6.45) is 4.52. The highest BCUT2D eigenvalue weighted by Crippen LogP contribution is 2.32. The molecule has 0 aliphatic carbocycles. The molecule has 0 saturated carbocycles. The van der Waals surface area contributed by atoms with Gasteiger partial charge in [0.25, 0.3) is 0 Å². The van der Waals surface area contributed by atoms with Crippen LogP contribution in [0.1, 0.15) is 18.1 Å². The number of ether oxygens (including phenoxy) is 2. The predicted octanol–water partition coefficient (Wildman–Crippen LogP) is 5.00. The van der Waals surface area contributed by atoms with E-state index in [1.165, 1.54) is 0 Å². The van der Waals surface area contributed by atoms with Crippen molar-refractivity contribution in [1.82, 2.24) is 0 Å². The first kappa shape index (κ1) is 15.5. The average Bonchev–Trinajstić information content (AvgIpc) is 2.40. The normalized spacial score (nSPS) is 13.2. The largest absolute Gasteiger partial charge is 0.497 e. The van der Waals surface area contributed by atoms with Gasteiger partial charge < -0.3 is 9.47 Å². The molecule has 0 amide bonds. The molecular weight excluding hydrogens is 360 g/mol. The first-order valence-electron chi connectivity index (χ1n) is 5.46. The number of halogens is 2. The van der Waals surface area contributed by atoms with Gasteiger partial charge in [-0.25, -0.2) is 0 Å². The van der Waals surface area contributed by atoms with E-state index < -0.39 is 0 Å². The van der Waals surface area contributed by atoms with Gasteiger partial charge in [-0.05, 0) is 30.2 Å². The lowest BCUT2D eigenvalue weighted by Gasteiger charge is -2.16. The fraction of sp³-hybridized carbons (Fsp3) is 0.286. The van der Waals surface area contributed by atoms with Gasteiger partial charge in [0.1, 0.15) is 5.75 Å². The Morgan fingerprint density at radius 1 is 1.44 bits per heavy atom. The van der Waals surface area contributed by atoms with E-state index in [1.807, 2.05) is 24.3 Å². The molecule has 0 fully saturated rings. The van der Waals surface area contributed by atoms with Crippen molar-refractivity contribution >= 4 is 31.9 Å². The van der Waals surface area contributed by atoms with Crippen LogP contribution in [0.4, 0.5) is 0 Å². The topological polar surface area (TPSA) is 18.5 Å². The summed E-state index contributed by atoms with van der Waals surface area (Å²) in [5.74, 6) is 0.821. The summed E-state index contributed by atoms with van der Waals surface area (Å²) < 4.78 is 12.7. The number of methoxy groups -OCH3 is 2. The van der Waals surface area contributed by atoms with Crippen molar-refractivity contribution in [2.45, 2.75) is 12.5 Å². The van der Waals surface area contributed by atoms with Crippen molar-refractivity contribution in [3.05, 3.63) is 51.4 Å². The smallest absolute Gasteiger partial charge is 0.119 e. The predicted molar refractivity (Wildman–Crippen MR) is 82.3 cm³/mol. The highest BCUT2D eigenvalue weighted by atomic mass is 79.9. The molecule has 0 spiro atoms. The Morgan fingerprint density at radius 2 is 2.17 bits per heavy atom. The summed E-state index contributed by atoms with van der Waals surface area (Å²) in [5.41, 5.74) is 1.07. The van der Waals surface area contributed by atoms with Gasteiger partial charge in [-0.15, -0.1) is 0 Å². The zero-order valence-electron chi connectivity index (χ0n) is 10.5. The SMILES string of the molecule is C=C/C(Br)=C/CC(OC)c1cc(OC)ccc1Br. The maximum absolute atomic E-state index is 5.53. The third-order valence-electron chi connectivity index (χ3n) is 2.56. The van der Waals surface area contributed by atoms with Crippen LogP contribution in [0, 0.1) is 0 Å². The lowest BCUT2D eigenvalue weighted by Crippen LogP contribution is -2.02. The van der Waals surface area contributed by atoms with E-state index in [0.717, 1.165) is 26.7 Å². The summed E-state index contributed by atoms with van der Waals surface area (Å²) in [7, 11) is 3.36. The van der Waals surface area contributed by atoms with Gasteiger partial charge in [0.05, 0.1) is 13.2 Å². The second kappa shape index (κ2) is 7.77. The molecule has 1 rings (SSSR count). The maximum Gasteiger partial charge on any atom is 0.119 e. The van der Waals surface area contributed by atoms with Crippen LogP contribution in [0.15, 0.2) is 45.9 Å². The molecule has 1 unspecified atom stereocenters. The van der Waals surface area contributed by atoms with Crippen LogP contribution in [-0.4, -0.2) is 14.2 Å². The van der Waals surface area contributed by atoms with E-state index >= 15 is 0 Å². The molecule has 18 heavy (non-hydrogen) atoms. The Labute approximate surface area is 125 Å². The van der Waals surface area contributed by atoms with Gasteiger partial charge in [-0.2, -0.15) is 0 Å². The van der Waals surface area contributed by atoms with Gasteiger partial charge in [0.2, 0.25) is 0 Å². The molecule has 0 aliphatic heterocycles. The molecule has 98 valence electrons. The molecule has 1 aromatic carbocycles. The minimum Gasteiger partial charge on any atom is -0.497 e. The van der Waals surface area contributed by atoms with Gasteiger partial charge in [-0.3, -0.25) is 0 Å². The molecular formula is C14H16Br2O2. The highest BCUT2D eigenvalue weighted by Gasteiger charge is 2.13. The third-order valence-corrected chi connectivity index (χ3v) is 3.93. The molecule has 0 saturated heterocycles. The van der Waals surface area contributed by atoms with E-state index in [4.69, 9.17) is 9.47 Å². The number of rotatable bonds is 6. The lowest BCUT2D eigenvalue weighted by molar-refractivity contribution is 0.105. The van der Waals surface area contributed by atoms with Gasteiger partial charge >= 0.3 is 0 Å². The monoisotopic (exact) mass is 374 g/mol. The van der Waals surface area contributed by atoms with Crippen molar-refractivity contribution in [1.29, 1.82) is 0 Å². The van der Waals surface area contributed by atoms with Gasteiger partial charge in [0, 0.05) is 16.1 Å². The number of hydrogen-bond donors (Lipinski definition) is 0. The first-order chi connectivity index (χ1) is 8.62. The molecule has 0 N–H and O–H groups in total. The average molecular weight is 376 g/mol. The Hall–Kier alpha value is -0.580. The Morgan fingerprint density at radius 3 is 2.72 bits per heavy atom. The van der Waals surface area contributed by atoms with Crippen LogP contribution in [0.25, 0.3) is 0 Å². The van der Waals surface area contributed by atoms with Crippen molar-refractivity contribution in [3.8, 4) is 5.75 Å². The van der Waals surface area contributed by atoms with Crippen molar-refractivity contribution in [2.24, 2.45) is 0 Å². The number of hydrogen-bond acceptors (Lipinski definition) is 2. The summed E-state index contributed by atoms with van der Waals surface area (Å²) >= 11 is 6.94. The van der Waals surface area contributed by atoms with Crippen LogP contribution in [0.2, 0.25) is 0 Å². The maximum atomic E-state index is 5.53. The highest BCUT2D eigenvalue weighted by molar-refractivity contribution is 9.12. The molecule has 0 aliphatic rings. The Kier molecular flexibility index (Phi) is 6.68. The molecule has 1 atom stereocenters. The molecule has 1 aromatic rings. The van der Waals surface area contributed by atoms with Crippen molar-refractivity contribution < 1.29 is 9.47 Å². The summed E-state index contributed by atoms with van der Waals surface area (Å²) in [6, 6.07) is 5.86. The minimum atomic E-state index is -0.0259. The van der Waals surface area contributed by atoms with Gasteiger partial charge in [-0.1, -0.05) is 50.6 Å². The van der Waals surface area contributed by atoms with Crippen molar-refractivity contribution in [3.63, 3.8) is 0 Å². The van der Waals surface area contributed by atoms with Crippen LogP contribution in [0.3, 0.4) is 0 Å². The van der Waals surface area contributed by atoms with E-state index in [1.54, 1.807) is 20.3 Å². The molecule has 4 heteroatoms. The second-order valence-electron chi connectivity index (χ2n) is 3.64. The summed E-state index contributed by atoms with van der Waals surface area (Å²) in [5, 5.41) is 0. The molecule has 0 aromatic heterocycles. The standard InChI is InChI=1S/C14H16Br2O2/c1-4-10(15)5-8-14(18-3)12-9-11(17-2)6-7-13(12)16/h4-7,9,14H,1,8H2,2-3H3/b10-5-. The van der Waals surface area contributed by atoms with Crippen molar-refractivity contribution in [2.75, 3.05) is 14.2 Å². The lowest BCUT2D eigenvalue weighted by atomic mass is 10.1. The quantitative estimate of drug-likeness (QED) is 0.651. The zero-order chi connectivity index (χ0) is 13.5. The Bertz CT molecular complexity index is 441. The van der Waals surface area contributed by atoms with E-state index in [0.29, 0.717) is 0 Å². The number of benzene rings is 1. The zero-order valence-corrected chi connectivity index (χ0v) is 13.6. The second-order valence-corrected chi connectivity index (χ2v) is 5.41.